The Bertz CT molecular complexity index is 861. The maximum Gasteiger partial charge on any atom is 0.305 e. The first-order chi connectivity index (χ1) is 17.5. The number of carbonyl (C=O) groups is 6. The quantitative estimate of drug-likeness (QED) is 0.0872. The summed E-state index contributed by atoms with van der Waals surface area (Å²) in [6.45, 7) is -0.983. The third-order valence-electron chi connectivity index (χ3n) is 5.25. The second-order valence-corrected chi connectivity index (χ2v) is 8.35. The van der Waals surface area contributed by atoms with Gasteiger partial charge in [-0.25, -0.2) is 0 Å². The van der Waals surface area contributed by atoms with E-state index >= 15 is 0 Å². The van der Waals surface area contributed by atoms with E-state index in [0.717, 1.165) is 0 Å². The highest BCUT2D eigenvalue weighted by Gasteiger charge is 2.28. The van der Waals surface area contributed by atoms with Crippen LogP contribution in [0, 0.1) is 0 Å². The summed E-state index contributed by atoms with van der Waals surface area (Å²) in [7, 11) is 0. The molecule has 1 saturated heterocycles. The third kappa shape index (κ3) is 13.1. The number of carbonyl (C=O) groups excluding carboxylic acids is 5. The van der Waals surface area contributed by atoms with Crippen LogP contribution in [0.4, 0.5) is 0 Å². The van der Waals surface area contributed by atoms with Gasteiger partial charge in [-0.2, -0.15) is 0 Å². The lowest BCUT2D eigenvalue weighted by molar-refractivity contribution is -0.140. The number of nitrogens with two attached hydrogens (primary N) is 2. The number of amides is 5. The molecule has 37 heavy (non-hydrogen) atoms. The SMILES string of the molecule is NC(N)=NCCC[C@@H]1NC(=O)[C@H](CO)NC(=O)CCCCCNC(=O)[C@H](CC(=O)O)NC(=O)CNC1=O. The molecule has 0 aromatic rings. The molecule has 208 valence electrons. The summed E-state index contributed by atoms with van der Waals surface area (Å²) in [5, 5.41) is 30.6. The van der Waals surface area contributed by atoms with Gasteiger partial charge in [0.1, 0.15) is 18.1 Å². The Morgan fingerprint density at radius 1 is 0.865 bits per heavy atom. The lowest BCUT2D eigenvalue weighted by Gasteiger charge is -2.22. The number of aliphatic imine (C=N–C) groups is 1. The van der Waals surface area contributed by atoms with Crippen molar-refractivity contribution in [3.8, 4) is 0 Å². The van der Waals surface area contributed by atoms with E-state index in [-0.39, 0.29) is 38.3 Å². The predicted molar refractivity (Wildman–Crippen MR) is 130 cm³/mol. The average molecular weight is 529 g/mol. The van der Waals surface area contributed by atoms with Gasteiger partial charge < -0.3 is 48.3 Å². The van der Waals surface area contributed by atoms with Crippen molar-refractivity contribution in [3.05, 3.63) is 0 Å². The maximum atomic E-state index is 12.7. The van der Waals surface area contributed by atoms with Crippen molar-refractivity contribution in [2.75, 3.05) is 26.2 Å². The summed E-state index contributed by atoms with van der Waals surface area (Å²) in [6.07, 6.45) is 1.14. The molecular formula is C21H36N8O8. The number of rotatable bonds is 7. The molecule has 0 radical (unpaired) electrons. The fourth-order valence-electron chi connectivity index (χ4n) is 3.35. The fraction of sp³-hybridized carbons (Fsp3) is 0.667. The zero-order chi connectivity index (χ0) is 27.8. The molecule has 0 aromatic heterocycles. The molecule has 1 heterocycles. The highest BCUT2D eigenvalue weighted by atomic mass is 16.4. The van der Waals surface area contributed by atoms with Crippen LogP contribution in [0.15, 0.2) is 4.99 Å². The Hall–Kier alpha value is -3.95. The van der Waals surface area contributed by atoms with E-state index in [2.05, 4.69) is 31.6 Å². The van der Waals surface area contributed by atoms with E-state index in [1.165, 1.54) is 0 Å². The molecule has 0 aliphatic carbocycles. The second-order valence-electron chi connectivity index (χ2n) is 8.35. The number of aliphatic hydroxyl groups is 1. The van der Waals surface area contributed by atoms with Crippen LogP contribution in [0.2, 0.25) is 0 Å². The highest BCUT2D eigenvalue weighted by molar-refractivity contribution is 5.95. The van der Waals surface area contributed by atoms with Crippen molar-refractivity contribution < 1.29 is 39.0 Å². The first-order valence-electron chi connectivity index (χ1n) is 11.9. The number of hydrogen-bond donors (Lipinski definition) is 9. The van der Waals surface area contributed by atoms with Crippen LogP contribution < -0.4 is 38.1 Å². The minimum atomic E-state index is -1.37. The molecule has 0 unspecified atom stereocenters. The molecule has 5 amide bonds. The molecule has 11 N–H and O–H groups in total. The zero-order valence-corrected chi connectivity index (χ0v) is 20.5. The van der Waals surface area contributed by atoms with Gasteiger partial charge in [0.25, 0.3) is 0 Å². The topological polar surface area (TPSA) is 267 Å². The van der Waals surface area contributed by atoms with Crippen molar-refractivity contribution in [1.29, 1.82) is 0 Å². The molecule has 16 nitrogen and oxygen atoms in total. The van der Waals surface area contributed by atoms with Gasteiger partial charge in [-0.3, -0.25) is 33.8 Å². The van der Waals surface area contributed by atoms with Crippen molar-refractivity contribution in [1.82, 2.24) is 26.6 Å². The minimum absolute atomic E-state index is 0.0477. The van der Waals surface area contributed by atoms with Crippen molar-refractivity contribution in [2.45, 2.75) is 63.1 Å². The van der Waals surface area contributed by atoms with Gasteiger partial charge in [0.15, 0.2) is 5.96 Å². The smallest absolute Gasteiger partial charge is 0.305 e. The molecule has 0 aromatic carbocycles. The van der Waals surface area contributed by atoms with Gasteiger partial charge in [0.2, 0.25) is 29.5 Å². The van der Waals surface area contributed by atoms with E-state index in [0.29, 0.717) is 19.3 Å². The summed E-state index contributed by atoms with van der Waals surface area (Å²) < 4.78 is 0. The van der Waals surface area contributed by atoms with Crippen molar-refractivity contribution >= 4 is 41.5 Å². The van der Waals surface area contributed by atoms with Crippen molar-refractivity contribution in [2.24, 2.45) is 16.5 Å². The van der Waals surface area contributed by atoms with Gasteiger partial charge >= 0.3 is 5.97 Å². The molecular weight excluding hydrogens is 492 g/mol. The summed E-state index contributed by atoms with van der Waals surface area (Å²) in [5.74, 6) is -5.05. The molecule has 0 saturated carbocycles. The van der Waals surface area contributed by atoms with E-state index in [4.69, 9.17) is 16.6 Å². The summed E-state index contributed by atoms with van der Waals surface area (Å²) in [4.78, 5) is 77.2. The fourth-order valence-corrected chi connectivity index (χ4v) is 3.35. The maximum absolute atomic E-state index is 12.7. The first kappa shape index (κ1) is 31.1. The number of aliphatic hydroxyl groups excluding tert-OH is 1. The molecule has 1 rings (SSSR count). The van der Waals surface area contributed by atoms with Gasteiger partial charge in [-0.15, -0.1) is 0 Å². The van der Waals surface area contributed by atoms with Gasteiger partial charge in [0, 0.05) is 19.5 Å². The second kappa shape index (κ2) is 16.7. The summed E-state index contributed by atoms with van der Waals surface area (Å²) in [6, 6.07) is -3.85. The Morgan fingerprint density at radius 3 is 2.19 bits per heavy atom. The Balaban J connectivity index is 3.03. The average Bonchev–Trinajstić information content (AvgIpc) is 2.83. The van der Waals surface area contributed by atoms with E-state index in [1.807, 2.05) is 0 Å². The van der Waals surface area contributed by atoms with E-state index in [1.54, 1.807) is 0 Å². The zero-order valence-electron chi connectivity index (χ0n) is 20.5. The van der Waals surface area contributed by atoms with Crippen LogP contribution in [0.3, 0.4) is 0 Å². The van der Waals surface area contributed by atoms with Crippen LogP contribution in [-0.4, -0.2) is 96.0 Å². The predicted octanol–water partition coefficient (Wildman–Crippen LogP) is -4.23. The first-order valence-corrected chi connectivity index (χ1v) is 11.9. The molecule has 1 fully saturated rings. The van der Waals surface area contributed by atoms with Gasteiger partial charge in [-0.1, -0.05) is 6.42 Å². The van der Waals surface area contributed by atoms with Crippen LogP contribution in [0.1, 0.15) is 44.9 Å². The van der Waals surface area contributed by atoms with Gasteiger partial charge in [-0.05, 0) is 25.7 Å². The number of nitrogens with one attached hydrogen (secondary N) is 5. The summed E-state index contributed by atoms with van der Waals surface area (Å²) >= 11 is 0. The van der Waals surface area contributed by atoms with Crippen LogP contribution in [0.25, 0.3) is 0 Å². The molecule has 3 atom stereocenters. The Labute approximate surface area is 213 Å². The lowest BCUT2D eigenvalue weighted by Crippen LogP contribution is -2.56. The highest BCUT2D eigenvalue weighted by Crippen LogP contribution is 2.03. The van der Waals surface area contributed by atoms with Gasteiger partial charge in [0.05, 0.1) is 19.6 Å². The van der Waals surface area contributed by atoms with Crippen LogP contribution in [0.5, 0.6) is 0 Å². The largest absolute Gasteiger partial charge is 0.481 e. The summed E-state index contributed by atoms with van der Waals surface area (Å²) in [5.41, 5.74) is 10.6. The molecule has 0 spiro atoms. The van der Waals surface area contributed by atoms with Crippen LogP contribution >= 0.6 is 0 Å². The molecule has 0 bridgehead atoms. The molecule has 1 aliphatic heterocycles. The van der Waals surface area contributed by atoms with Crippen LogP contribution in [-0.2, 0) is 28.8 Å². The van der Waals surface area contributed by atoms with Crippen molar-refractivity contribution in [3.63, 3.8) is 0 Å². The molecule has 1 aliphatic rings. The monoisotopic (exact) mass is 528 g/mol. The molecule has 16 heteroatoms. The Kier molecular flexibility index (Phi) is 14.0. The number of nitrogens with zero attached hydrogens (tertiary/aromatic N) is 1. The standard InChI is InChI=1S/C21H36N8O8/c22-21(23)25-8-4-5-12-18(35)26-10-16(32)27-13(9-17(33)34)19(36)24-7-3-1-2-6-15(31)28-14(11-30)20(37)29-12/h12-14,30H,1-11H2,(H,24,36)(H,26,35)(H,27,32)(H,28,31)(H,29,37)(H,33,34)(H4,22,23,25)/t12-,13-,14-/m0/s1. The normalized spacial score (nSPS) is 23.1. The number of guanidine groups is 1. The Morgan fingerprint density at radius 2 is 1.54 bits per heavy atom. The van der Waals surface area contributed by atoms with E-state index in [9.17, 15) is 33.9 Å². The minimum Gasteiger partial charge on any atom is -0.481 e. The number of hydrogen-bond acceptors (Lipinski definition) is 8. The van der Waals surface area contributed by atoms with E-state index < -0.39 is 73.2 Å². The third-order valence-corrected chi connectivity index (χ3v) is 5.25. The number of carboxylic acids is 1. The lowest BCUT2D eigenvalue weighted by atomic mass is 10.1. The number of aliphatic carboxylic acids is 1. The number of carboxylic acid groups (broad SMARTS) is 1.